The molecule has 1 aromatic carbocycles. The summed E-state index contributed by atoms with van der Waals surface area (Å²) in [4.78, 5) is 25.9. The molecule has 8 nitrogen and oxygen atoms in total. The van der Waals surface area contributed by atoms with Gasteiger partial charge in [0.2, 0.25) is 11.2 Å². The van der Waals surface area contributed by atoms with Gasteiger partial charge in [-0.3, -0.25) is 0 Å². The first kappa shape index (κ1) is 26.5. The van der Waals surface area contributed by atoms with Gasteiger partial charge in [-0.2, -0.15) is 18.2 Å². The largest absolute Gasteiger partial charge is 0.472 e. The molecule has 12 heteroatoms. The number of nitrogens with zero attached hydrogens (tertiary/aromatic N) is 5. The molecule has 0 spiro atoms. The van der Waals surface area contributed by atoms with Crippen molar-refractivity contribution in [2.75, 3.05) is 13.1 Å². The second-order valence-corrected chi connectivity index (χ2v) is 9.83. The summed E-state index contributed by atoms with van der Waals surface area (Å²) < 4.78 is 51.6. The van der Waals surface area contributed by atoms with Gasteiger partial charge >= 0.3 is 12.3 Å². The van der Waals surface area contributed by atoms with Gasteiger partial charge < -0.3 is 18.9 Å². The average Bonchev–Trinajstić information content (AvgIpc) is 3.44. The van der Waals surface area contributed by atoms with Gasteiger partial charge in [0.25, 0.3) is 0 Å². The molecule has 1 aliphatic heterocycles. The Hall–Kier alpha value is -3.60. The number of alkyl halides is 3. The lowest BCUT2D eigenvalue weighted by atomic mass is 10.1. The smallest absolute Gasteiger partial charge is 0.434 e. The fraction of sp³-hybridized carbons (Fsp3) is 0.360. The monoisotopic (exact) mass is 535 g/mol. The van der Waals surface area contributed by atoms with Gasteiger partial charge in [-0.15, -0.1) is 0 Å². The Labute approximate surface area is 216 Å². The van der Waals surface area contributed by atoms with Crippen LogP contribution in [0.5, 0.6) is 5.88 Å². The highest BCUT2D eigenvalue weighted by Crippen LogP contribution is 2.32. The van der Waals surface area contributed by atoms with Gasteiger partial charge in [0, 0.05) is 38.1 Å². The maximum Gasteiger partial charge on any atom is 0.434 e. The van der Waals surface area contributed by atoms with Gasteiger partial charge in [-0.25, -0.2) is 14.8 Å². The average molecular weight is 536 g/mol. The molecule has 0 fully saturated rings. The van der Waals surface area contributed by atoms with Gasteiger partial charge in [0.15, 0.2) is 5.69 Å². The Morgan fingerprint density at radius 2 is 1.84 bits per heavy atom. The molecular formula is C25H25ClF3N5O3. The zero-order valence-electron chi connectivity index (χ0n) is 20.6. The number of amides is 1. The van der Waals surface area contributed by atoms with E-state index in [1.54, 1.807) is 49.9 Å². The SMILES string of the molecule is Cn1cc(C(F)(F)F)nc1-c1ccc(COc2nc(Cl)ncc2C2=CCN(C(=O)OC(C)(C)C)C2)cc1. The standard InChI is InChI=1S/C25H25ClF3N5O3/c1-24(2,3)37-23(35)34-10-9-17(12-34)18-11-30-22(26)32-21(18)36-14-15-5-7-16(8-6-15)20-31-19(13-33(20)4)25(27,28)29/h5-9,11,13H,10,12,14H2,1-4H3. The number of imidazole rings is 1. The van der Waals surface area contributed by atoms with Crippen LogP contribution in [0.2, 0.25) is 5.28 Å². The van der Waals surface area contributed by atoms with Gasteiger partial charge in [0.1, 0.15) is 18.0 Å². The second kappa shape index (κ2) is 10.0. The summed E-state index contributed by atoms with van der Waals surface area (Å²) >= 11 is 6.00. The lowest BCUT2D eigenvalue weighted by Crippen LogP contribution is -2.35. The Morgan fingerprint density at radius 3 is 2.46 bits per heavy atom. The second-order valence-electron chi connectivity index (χ2n) is 9.49. The van der Waals surface area contributed by atoms with Crippen molar-refractivity contribution in [3.8, 4) is 17.3 Å². The lowest BCUT2D eigenvalue weighted by molar-refractivity contribution is -0.140. The zero-order valence-corrected chi connectivity index (χ0v) is 21.4. The summed E-state index contributed by atoms with van der Waals surface area (Å²) in [5.74, 6) is 0.452. The zero-order chi connectivity index (χ0) is 27.0. The fourth-order valence-corrected chi connectivity index (χ4v) is 3.79. The summed E-state index contributed by atoms with van der Waals surface area (Å²) in [7, 11) is 1.51. The van der Waals surface area contributed by atoms with E-state index < -0.39 is 23.6 Å². The number of hydrogen-bond acceptors (Lipinski definition) is 6. The summed E-state index contributed by atoms with van der Waals surface area (Å²) in [6.45, 7) is 6.20. The van der Waals surface area contributed by atoms with E-state index >= 15 is 0 Å². The number of carbonyl (C=O) groups excluding carboxylic acids is 1. The first-order valence-electron chi connectivity index (χ1n) is 11.3. The van der Waals surface area contributed by atoms with E-state index in [9.17, 15) is 18.0 Å². The third-order valence-corrected chi connectivity index (χ3v) is 5.58. The Balaban J connectivity index is 1.45. The number of benzene rings is 1. The molecule has 196 valence electrons. The molecule has 3 aromatic rings. The first-order valence-corrected chi connectivity index (χ1v) is 11.7. The van der Waals surface area contributed by atoms with E-state index in [0.29, 0.717) is 24.2 Å². The maximum atomic E-state index is 13.0. The van der Waals surface area contributed by atoms with Crippen molar-refractivity contribution in [1.29, 1.82) is 0 Å². The van der Waals surface area contributed by atoms with E-state index in [1.165, 1.54) is 17.8 Å². The molecule has 1 amide bonds. The maximum absolute atomic E-state index is 13.0. The van der Waals surface area contributed by atoms with Crippen LogP contribution in [0.3, 0.4) is 0 Å². The predicted molar refractivity (Wildman–Crippen MR) is 131 cm³/mol. The molecule has 0 radical (unpaired) electrons. The van der Waals surface area contributed by atoms with Crippen molar-refractivity contribution in [1.82, 2.24) is 24.4 Å². The molecule has 0 aliphatic carbocycles. The number of carbonyl (C=O) groups is 1. The van der Waals surface area contributed by atoms with E-state index in [4.69, 9.17) is 21.1 Å². The van der Waals surface area contributed by atoms with Gasteiger partial charge in [-0.05, 0) is 43.5 Å². The normalized spacial score (nSPS) is 14.1. The third-order valence-electron chi connectivity index (χ3n) is 5.40. The molecule has 4 rings (SSSR count). The quantitative estimate of drug-likeness (QED) is 0.386. The molecule has 3 heterocycles. The molecule has 0 bridgehead atoms. The number of hydrogen-bond donors (Lipinski definition) is 0. The molecule has 1 aliphatic rings. The molecule has 0 saturated heterocycles. The first-order chi connectivity index (χ1) is 17.3. The topological polar surface area (TPSA) is 82.4 Å². The molecular weight excluding hydrogens is 511 g/mol. The highest BCUT2D eigenvalue weighted by atomic mass is 35.5. The molecule has 37 heavy (non-hydrogen) atoms. The fourth-order valence-electron chi connectivity index (χ4n) is 3.66. The van der Waals surface area contributed by atoms with Crippen LogP contribution in [-0.2, 0) is 24.6 Å². The lowest BCUT2D eigenvalue weighted by Gasteiger charge is -2.24. The Bertz CT molecular complexity index is 1330. The number of aromatic nitrogens is 4. The van der Waals surface area contributed by atoms with E-state index in [0.717, 1.165) is 17.3 Å². The van der Waals surface area contributed by atoms with Crippen LogP contribution >= 0.6 is 11.6 Å². The number of ether oxygens (including phenoxy) is 2. The predicted octanol–water partition coefficient (Wildman–Crippen LogP) is 5.76. The molecule has 0 unspecified atom stereocenters. The van der Waals surface area contributed by atoms with Crippen LogP contribution in [0.4, 0.5) is 18.0 Å². The van der Waals surface area contributed by atoms with E-state index in [-0.39, 0.29) is 23.6 Å². The van der Waals surface area contributed by atoms with Crippen LogP contribution in [0.1, 0.15) is 37.6 Å². The van der Waals surface area contributed by atoms with Crippen LogP contribution in [0.25, 0.3) is 17.0 Å². The summed E-state index contributed by atoms with van der Waals surface area (Å²) in [6, 6.07) is 6.82. The van der Waals surface area contributed by atoms with E-state index in [1.807, 2.05) is 6.08 Å². The van der Waals surface area contributed by atoms with Crippen molar-refractivity contribution < 1.29 is 27.4 Å². The number of aryl methyl sites for hydroxylation is 1. The van der Waals surface area contributed by atoms with Crippen molar-refractivity contribution in [2.45, 2.75) is 39.2 Å². The van der Waals surface area contributed by atoms with Gasteiger partial charge in [-0.1, -0.05) is 30.3 Å². The molecule has 0 atom stereocenters. The minimum absolute atomic E-state index is 0.00643. The van der Waals surface area contributed by atoms with Crippen molar-refractivity contribution in [2.24, 2.45) is 7.05 Å². The molecule has 0 saturated carbocycles. The summed E-state index contributed by atoms with van der Waals surface area (Å²) in [6.07, 6.45) is -0.572. The minimum Gasteiger partial charge on any atom is -0.472 e. The van der Waals surface area contributed by atoms with Crippen molar-refractivity contribution in [3.05, 3.63) is 64.8 Å². The third kappa shape index (κ3) is 6.40. The summed E-state index contributed by atoms with van der Waals surface area (Å²) in [5, 5.41) is 0.00643. The molecule has 2 aromatic heterocycles. The summed E-state index contributed by atoms with van der Waals surface area (Å²) in [5.41, 5.74) is 1.13. The van der Waals surface area contributed by atoms with Crippen LogP contribution in [0.15, 0.2) is 42.7 Å². The number of rotatable bonds is 5. The van der Waals surface area contributed by atoms with Gasteiger partial charge in [0.05, 0.1) is 5.56 Å². The van der Waals surface area contributed by atoms with Crippen molar-refractivity contribution in [3.63, 3.8) is 0 Å². The Kier molecular flexibility index (Phi) is 7.18. The minimum atomic E-state index is -4.51. The van der Waals surface area contributed by atoms with Crippen LogP contribution < -0.4 is 4.74 Å². The number of halogens is 4. The highest BCUT2D eigenvalue weighted by molar-refractivity contribution is 6.28. The highest BCUT2D eigenvalue weighted by Gasteiger charge is 2.34. The van der Waals surface area contributed by atoms with Crippen molar-refractivity contribution >= 4 is 23.3 Å². The van der Waals surface area contributed by atoms with Crippen LogP contribution in [0, 0.1) is 0 Å². The molecule has 0 N–H and O–H groups in total. The van der Waals surface area contributed by atoms with E-state index in [2.05, 4.69) is 15.0 Å². The van der Waals surface area contributed by atoms with Crippen LogP contribution in [-0.4, -0.2) is 49.2 Å². The Morgan fingerprint density at radius 1 is 1.14 bits per heavy atom.